The predicted molar refractivity (Wildman–Crippen MR) is 106 cm³/mol. The number of rotatable bonds is 1. The van der Waals surface area contributed by atoms with E-state index >= 15 is 0 Å². The maximum Gasteiger partial charge on any atom is 0.0509 e. The third kappa shape index (κ3) is 2.32. The molecule has 1 aromatic heterocycles. The van der Waals surface area contributed by atoms with Crippen LogP contribution >= 0.6 is 0 Å². The van der Waals surface area contributed by atoms with Gasteiger partial charge in [0.05, 0.1) is 5.52 Å². The van der Waals surface area contributed by atoms with E-state index in [0.29, 0.717) is 0 Å². The summed E-state index contributed by atoms with van der Waals surface area (Å²) in [5.41, 5.74) is 6.98. The Morgan fingerprint density at radius 3 is 2.08 bits per heavy atom. The fourth-order valence-electron chi connectivity index (χ4n) is 4.27. The zero-order valence-corrected chi connectivity index (χ0v) is 14.6. The standard InChI is InChI=1S/C23H22N2/c1-24-22-9-5-4-8-20(22)21-11-10-19(16-23(21)24)25-14-12-17-6-2-3-7-18(17)13-15-25/h2-11,16H,12-15H2,1H3. The Labute approximate surface area is 148 Å². The molecule has 25 heavy (non-hydrogen) atoms. The molecule has 0 saturated carbocycles. The van der Waals surface area contributed by atoms with Gasteiger partial charge in [0.15, 0.2) is 0 Å². The maximum absolute atomic E-state index is 2.54. The summed E-state index contributed by atoms with van der Waals surface area (Å²) in [6.07, 6.45) is 2.26. The van der Waals surface area contributed by atoms with Gasteiger partial charge in [0, 0.05) is 42.1 Å². The number of para-hydroxylation sites is 1. The molecule has 0 fully saturated rings. The van der Waals surface area contributed by atoms with Crippen LogP contribution in [0.1, 0.15) is 11.1 Å². The van der Waals surface area contributed by atoms with Crippen molar-refractivity contribution in [1.82, 2.24) is 4.57 Å². The van der Waals surface area contributed by atoms with E-state index < -0.39 is 0 Å². The summed E-state index contributed by atoms with van der Waals surface area (Å²) in [5, 5.41) is 2.69. The lowest BCUT2D eigenvalue weighted by molar-refractivity contribution is 0.806. The molecule has 0 spiro atoms. The van der Waals surface area contributed by atoms with Crippen molar-refractivity contribution in [2.24, 2.45) is 7.05 Å². The summed E-state index contributed by atoms with van der Waals surface area (Å²) in [6.45, 7) is 2.18. The minimum atomic E-state index is 1.09. The second-order valence-corrected chi connectivity index (χ2v) is 7.03. The van der Waals surface area contributed by atoms with Gasteiger partial charge >= 0.3 is 0 Å². The van der Waals surface area contributed by atoms with E-state index in [4.69, 9.17) is 0 Å². The Balaban J connectivity index is 1.55. The minimum absolute atomic E-state index is 1.09. The van der Waals surface area contributed by atoms with Crippen LogP contribution in [0.5, 0.6) is 0 Å². The highest BCUT2D eigenvalue weighted by molar-refractivity contribution is 6.08. The van der Waals surface area contributed by atoms with E-state index in [0.717, 1.165) is 25.9 Å². The molecule has 0 aliphatic carbocycles. The van der Waals surface area contributed by atoms with Crippen molar-refractivity contribution in [3.05, 3.63) is 77.9 Å². The highest BCUT2D eigenvalue weighted by Crippen LogP contribution is 2.31. The number of benzene rings is 3. The van der Waals surface area contributed by atoms with E-state index in [2.05, 4.69) is 83.2 Å². The molecule has 124 valence electrons. The van der Waals surface area contributed by atoms with Crippen molar-refractivity contribution in [2.75, 3.05) is 18.0 Å². The lowest BCUT2D eigenvalue weighted by atomic mass is 10.0. The van der Waals surface area contributed by atoms with Crippen molar-refractivity contribution in [3.8, 4) is 0 Å². The van der Waals surface area contributed by atoms with E-state index in [1.165, 1.54) is 38.6 Å². The molecule has 2 nitrogen and oxygen atoms in total. The molecule has 0 N–H and O–H groups in total. The minimum Gasteiger partial charge on any atom is -0.371 e. The topological polar surface area (TPSA) is 8.17 Å². The average Bonchev–Trinajstić information content (AvgIpc) is 2.82. The normalized spacial score (nSPS) is 14.7. The Bertz CT molecular complexity index is 1050. The number of aromatic nitrogens is 1. The van der Waals surface area contributed by atoms with Crippen LogP contribution in [0.25, 0.3) is 21.8 Å². The van der Waals surface area contributed by atoms with E-state index in [-0.39, 0.29) is 0 Å². The first-order chi connectivity index (χ1) is 12.3. The zero-order chi connectivity index (χ0) is 16.8. The van der Waals surface area contributed by atoms with Crippen LogP contribution in [0.4, 0.5) is 5.69 Å². The van der Waals surface area contributed by atoms with Crippen LogP contribution < -0.4 is 4.90 Å². The van der Waals surface area contributed by atoms with Gasteiger partial charge in [-0.3, -0.25) is 0 Å². The van der Waals surface area contributed by atoms with Gasteiger partial charge in [-0.15, -0.1) is 0 Å². The van der Waals surface area contributed by atoms with Crippen molar-refractivity contribution in [1.29, 1.82) is 0 Å². The lowest BCUT2D eigenvalue weighted by Gasteiger charge is -2.23. The molecule has 5 rings (SSSR count). The molecule has 2 heteroatoms. The Kier molecular flexibility index (Phi) is 3.30. The van der Waals surface area contributed by atoms with Gasteiger partial charge < -0.3 is 9.47 Å². The third-order valence-electron chi connectivity index (χ3n) is 5.68. The summed E-state index contributed by atoms with van der Waals surface area (Å²) in [5.74, 6) is 0. The van der Waals surface area contributed by atoms with Crippen molar-refractivity contribution in [3.63, 3.8) is 0 Å². The summed E-state index contributed by atoms with van der Waals surface area (Å²) in [7, 11) is 2.17. The average molecular weight is 326 g/mol. The van der Waals surface area contributed by atoms with E-state index in [1.54, 1.807) is 0 Å². The van der Waals surface area contributed by atoms with E-state index in [9.17, 15) is 0 Å². The third-order valence-corrected chi connectivity index (χ3v) is 5.68. The number of aryl methyl sites for hydroxylation is 1. The quantitative estimate of drug-likeness (QED) is 0.481. The van der Waals surface area contributed by atoms with Crippen LogP contribution in [-0.4, -0.2) is 17.7 Å². The molecule has 1 aliphatic rings. The Hall–Kier alpha value is -2.74. The molecule has 3 aromatic carbocycles. The van der Waals surface area contributed by atoms with Crippen molar-refractivity contribution >= 4 is 27.5 Å². The predicted octanol–water partition coefficient (Wildman–Crippen LogP) is 4.94. The van der Waals surface area contributed by atoms with Gasteiger partial charge in [0.25, 0.3) is 0 Å². The smallest absolute Gasteiger partial charge is 0.0509 e. The van der Waals surface area contributed by atoms with Gasteiger partial charge in [-0.25, -0.2) is 0 Å². The van der Waals surface area contributed by atoms with Crippen molar-refractivity contribution in [2.45, 2.75) is 12.8 Å². The van der Waals surface area contributed by atoms with Crippen LogP contribution in [0.3, 0.4) is 0 Å². The number of fused-ring (bicyclic) bond motifs is 4. The van der Waals surface area contributed by atoms with Gasteiger partial charge in [0.2, 0.25) is 0 Å². The molecular weight excluding hydrogens is 304 g/mol. The first-order valence-corrected chi connectivity index (χ1v) is 9.10. The largest absolute Gasteiger partial charge is 0.371 e. The monoisotopic (exact) mass is 326 g/mol. The van der Waals surface area contributed by atoms with Gasteiger partial charge in [-0.05, 0) is 42.2 Å². The fourth-order valence-corrected chi connectivity index (χ4v) is 4.27. The van der Waals surface area contributed by atoms with E-state index in [1.807, 2.05) is 0 Å². The van der Waals surface area contributed by atoms with Gasteiger partial charge in [0.1, 0.15) is 0 Å². The number of anilines is 1. The Morgan fingerprint density at radius 1 is 0.680 bits per heavy atom. The lowest BCUT2D eigenvalue weighted by Crippen LogP contribution is -2.25. The van der Waals surface area contributed by atoms with Crippen LogP contribution in [0, 0.1) is 0 Å². The van der Waals surface area contributed by atoms with Crippen LogP contribution in [-0.2, 0) is 19.9 Å². The first-order valence-electron chi connectivity index (χ1n) is 9.10. The second kappa shape index (κ2) is 5.66. The summed E-state index contributed by atoms with van der Waals surface area (Å²) < 4.78 is 2.32. The molecule has 2 heterocycles. The van der Waals surface area contributed by atoms with Gasteiger partial charge in [-0.1, -0.05) is 48.5 Å². The first kappa shape index (κ1) is 14.6. The second-order valence-electron chi connectivity index (χ2n) is 7.03. The van der Waals surface area contributed by atoms with Crippen LogP contribution in [0.2, 0.25) is 0 Å². The fraction of sp³-hybridized carbons (Fsp3) is 0.217. The number of nitrogens with zero attached hydrogens (tertiary/aromatic N) is 2. The highest BCUT2D eigenvalue weighted by atomic mass is 15.1. The molecule has 0 amide bonds. The summed E-state index contributed by atoms with van der Waals surface area (Å²) in [4.78, 5) is 2.54. The summed E-state index contributed by atoms with van der Waals surface area (Å²) in [6, 6.07) is 24.5. The van der Waals surface area contributed by atoms with Crippen LogP contribution in [0.15, 0.2) is 66.7 Å². The molecule has 0 saturated heterocycles. The number of hydrogen-bond donors (Lipinski definition) is 0. The van der Waals surface area contributed by atoms with Crippen molar-refractivity contribution < 1.29 is 0 Å². The molecule has 0 unspecified atom stereocenters. The molecule has 4 aromatic rings. The summed E-state index contributed by atoms with van der Waals surface area (Å²) >= 11 is 0. The molecular formula is C23H22N2. The zero-order valence-electron chi connectivity index (χ0n) is 14.6. The molecule has 0 radical (unpaired) electrons. The molecule has 0 bridgehead atoms. The molecule has 1 aliphatic heterocycles. The Morgan fingerprint density at radius 2 is 1.32 bits per heavy atom. The maximum atomic E-state index is 2.54. The SMILES string of the molecule is Cn1c2ccccc2c2ccc(N3CCc4ccccc4CC3)cc21. The molecule has 0 atom stereocenters. The van der Waals surface area contributed by atoms with Gasteiger partial charge in [-0.2, -0.15) is 0 Å². The highest BCUT2D eigenvalue weighted by Gasteiger charge is 2.15. The number of hydrogen-bond acceptors (Lipinski definition) is 1.